The van der Waals surface area contributed by atoms with Gasteiger partial charge in [-0.3, -0.25) is 0 Å². The number of hydrogen-bond donors (Lipinski definition) is 1. The molecule has 0 bridgehead atoms. The first-order chi connectivity index (χ1) is 8.91. The Morgan fingerprint density at radius 3 is 2.68 bits per heavy atom. The van der Waals surface area contributed by atoms with Crippen molar-refractivity contribution < 1.29 is 18.8 Å². The Kier molecular flexibility index (Phi) is 3.38. The third-order valence-corrected chi connectivity index (χ3v) is 2.83. The number of carboxylic acid groups (broad SMARTS) is 1. The highest BCUT2D eigenvalue weighted by molar-refractivity contribution is 5.96. The molecule has 0 amide bonds. The van der Waals surface area contributed by atoms with Crippen molar-refractivity contribution in [1.29, 1.82) is 0 Å². The van der Waals surface area contributed by atoms with Crippen LogP contribution in [0.3, 0.4) is 0 Å². The number of nitrogens with zero attached hydrogens (tertiary/aromatic N) is 1. The van der Waals surface area contributed by atoms with E-state index in [9.17, 15) is 14.3 Å². The summed E-state index contributed by atoms with van der Waals surface area (Å²) in [4.78, 5) is 11.4. The van der Waals surface area contributed by atoms with Crippen LogP contribution in [0, 0.1) is 12.7 Å². The van der Waals surface area contributed by atoms with Gasteiger partial charge in [-0.15, -0.1) is 0 Å². The number of aromatic carboxylic acids is 1. The fourth-order valence-electron chi connectivity index (χ4n) is 1.91. The zero-order valence-corrected chi connectivity index (χ0v) is 10.9. The summed E-state index contributed by atoms with van der Waals surface area (Å²) >= 11 is 0. The molecule has 0 aliphatic rings. The fourth-order valence-corrected chi connectivity index (χ4v) is 1.91. The van der Waals surface area contributed by atoms with E-state index in [1.807, 2.05) is 0 Å². The molecule has 0 spiro atoms. The molecule has 2 aromatic rings. The molecule has 0 radical (unpaired) electrons. The number of halogens is 1. The Hall–Kier alpha value is -2.17. The minimum absolute atomic E-state index is 0.0393. The van der Waals surface area contributed by atoms with Crippen molar-refractivity contribution in [2.24, 2.45) is 0 Å². The molecule has 0 atom stereocenters. The second-order valence-electron chi connectivity index (χ2n) is 4.71. The summed E-state index contributed by atoms with van der Waals surface area (Å²) in [6.45, 7) is 5.39. The minimum Gasteiger partial charge on any atom is -0.477 e. The van der Waals surface area contributed by atoms with Crippen LogP contribution in [0.5, 0.6) is 0 Å². The largest absolute Gasteiger partial charge is 0.477 e. The van der Waals surface area contributed by atoms with Crippen LogP contribution in [0.15, 0.2) is 22.7 Å². The topological polar surface area (TPSA) is 63.3 Å². The van der Waals surface area contributed by atoms with Gasteiger partial charge in [0.2, 0.25) is 0 Å². The molecule has 100 valence electrons. The van der Waals surface area contributed by atoms with Gasteiger partial charge in [-0.1, -0.05) is 30.6 Å². The average molecular weight is 263 g/mol. The zero-order chi connectivity index (χ0) is 14.2. The smallest absolute Gasteiger partial charge is 0.341 e. The van der Waals surface area contributed by atoms with Crippen molar-refractivity contribution in [1.82, 2.24) is 5.16 Å². The third-order valence-electron chi connectivity index (χ3n) is 2.83. The standard InChI is InChI=1S/C14H14FNO3/c1-7(2)13-11(14(17)18)12(16-19-13)9-6-8(3)4-5-10(9)15/h4-7H,1-3H3,(H,17,18). The monoisotopic (exact) mass is 263 g/mol. The van der Waals surface area contributed by atoms with Crippen molar-refractivity contribution in [3.8, 4) is 11.3 Å². The van der Waals surface area contributed by atoms with E-state index < -0.39 is 11.8 Å². The lowest BCUT2D eigenvalue weighted by Gasteiger charge is -2.04. The van der Waals surface area contributed by atoms with E-state index >= 15 is 0 Å². The molecule has 19 heavy (non-hydrogen) atoms. The molecular formula is C14H14FNO3. The molecule has 1 N–H and O–H groups in total. The first-order valence-corrected chi connectivity index (χ1v) is 5.91. The van der Waals surface area contributed by atoms with E-state index in [1.165, 1.54) is 6.07 Å². The summed E-state index contributed by atoms with van der Waals surface area (Å²) < 4.78 is 18.9. The summed E-state index contributed by atoms with van der Waals surface area (Å²) in [6.07, 6.45) is 0. The van der Waals surface area contributed by atoms with Crippen LogP contribution in [0.4, 0.5) is 4.39 Å². The third kappa shape index (κ3) is 2.36. The van der Waals surface area contributed by atoms with Crippen LogP contribution in [-0.4, -0.2) is 16.2 Å². The second kappa shape index (κ2) is 4.84. The average Bonchev–Trinajstić information content (AvgIpc) is 2.76. The van der Waals surface area contributed by atoms with E-state index in [1.54, 1.807) is 32.9 Å². The molecule has 1 heterocycles. The Labute approximate surface area is 109 Å². The molecule has 0 saturated carbocycles. The van der Waals surface area contributed by atoms with Gasteiger partial charge in [0.05, 0.1) is 0 Å². The van der Waals surface area contributed by atoms with Crippen molar-refractivity contribution in [3.63, 3.8) is 0 Å². The van der Waals surface area contributed by atoms with E-state index in [-0.39, 0.29) is 28.5 Å². The Morgan fingerprint density at radius 2 is 2.11 bits per heavy atom. The van der Waals surface area contributed by atoms with Gasteiger partial charge in [0.15, 0.2) is 5.76 Å². The molecular weight excluding hydrogens is 249 g/mol. The van der Waals surface area contributed by atoms with Gasteiger partial charge in [0.25, 0.3) is 0 Å². The second-order valence-corrected chi connectivity index (χ2v) is 4.71. The summed E-state index contributed by atoms with van der Waals surface area (Å²) in [5.41, 5.74) is 0.937. The Bertz CT molecular complexity index is 632. The van der Waals surface area contributed by atoms with Crippen molar-refractivity contribution in [3.05, 3.63) is 40.9 Å². The number of hydrogen-bond acceptors (Lipinski definition) is 3. The minimum atomic E-state index is -1.17. The Morgan fingerprint density at radius 1 is 1.42 bits per heavy atom. The van der Waals surface area contributed by atoms with E-state index in [0.717, 1.165) is 5.56 Å². The number of aromatic nitrogens is 1. The number of rotatable bonds is 3. The van der Waals surface area contributed by atoms with Gasteiger partial charge in [0.1, 0.15) is 17.1 Å². The first kappa shape index (κ1) is 13.3. The molecule has 0 saturated heterocycles. The maximum absolute atomic E-state index is 13.8. The normalized spacial score (nSPS) is 11.0. The summed E-state index contributed by atoms with van der Waals surface area (Å²) in [5.74, 6) is -1.57. The van der Waals surface area contributed by atoms with E-state index in [4.69, 9.17) is 4.52 Å². The summed E-state index contributed by atoms with van der Waals surface area (Å²) in [7, 11) is 0. The predicted octanol–water partition coefficient (Wildman–Crippen LogP) is 3.61. The van der Waals surface area contributed by atoms with Crippen LogP contribution in [-0.2, 0) is 0 Å². The molecule has 4 nitrogen and oxygen atoms in total. The maximum Gasteiger partial charge on any atom is 0.341 e. The lowest BCUT2D eigenvalue weighted by Crippen LogP contribution is -2.03. The quantitative estimate of drug-likeness (QED) is 0.918. The van der Waals surface area contributed by atoms with Gasteiger partial charge >= 0.3 is 5.97 Å². The SMILES string of the molecule is Cc1ccc(F)c(-c2noc(C(C)C)c2C(=O)O)c1. The van der Waals surface area contributed by atoms with Gasteiger partial charge in [-0.05, 0) is 19.1 Å². The van der Waals surface area contributed by atoms with Crippen LogP contribution in [0.25, 0.3) is 11.3 Å². The lowest BCUT2D eigenvalue weighted by molar-refractivity contribution is 0.0694. The highest BCUT2D eigenvalue weighted by Gasteiger charge is 2.26. The van der Waals surface area contributed by atoms with E-state index in [0.29, 0.717) is 0 Å². The molecule has 0 fully saturated rings. The fraction of sp³-hybridized carbons (Fsp3) is 0.286. The lowest BCUT2D eigenvalue weighted by atomic mass is 10.00. The highest BCUT2D eigenvalue weighted by Crippen LogP contribution is 2.31. The van der Waals surface area contributed by atoms with Gasteiger partial charge in [0, 0.05) is 11.5 Å². The summed E-state index contributed by atoms with van der Waals surface area (Å²) in [5, 5.41) is 13.0. The first-order valence-electron chi connectivity index (χ1n) is 5.91. The Balaban J connectivity index is 2.69. The van der Waals surface area contributed by atoms with Crippen LogP contribution in [0.2, 0.25) is 0 Å². The van der Waals surface area contributed by atoms with Gasteiger partial charge in [-0.25, -0.2) is 9.18 Å². The molecule has 2 rings (SSSR count). The van der Waals surface area contributed by atoms with Crippen molar-refractivity contribution in [2.75, 3.05) is 0 Å². The van der Waals surface area contributed by atoms with Gasteiger partial charge < -0.3 is 9.63 Å². The highest BCUT2D eigenvalue weighted by atomic mass is 19.1. The number of carbonyl (C=O) groups is 1. The summed E-state index contributed by atoms with van der Waals surface area (Å²) in [6, 6.07) is 4.46. The zero-order valence-electron chi connectivity index (χ0n) is 10.9. The van der Waals surface area contributed by atoms with E-state index in [2.05, 4.69) is 5.16 Å². The van der Waals surface area contributed by atoms with Crippen LogP contribution >= 0.6 is 0 Å². The maximum atomic E-state index is 13.8. The molecule has 5 heteroatoms. The number of aryl methyl sites for hydroxylation is 1. The molecule has 0 aliphatic heterocycles. The van der Waals surface area contributed by atoms with Crippen LogP contribution in [0.1, 0.15) is 41.4 Å². The van der Waals surface area contributed by atoms with Crippen molar-refractivity contribution in [2.45, 2.75) is 26.7 Å². The molecule has 1 aromatic carbocycles. The predicted molar refractivity (Wildman–Crippen MR) is 67.7 cm³/mol. The molecule has 0 unspecified atom stereocenters. The van der Waals surface area contributed by atoms with Gasteiger partial charge in [-0.2, -0.15) is 0 Å². The number of carboxylic acids is 1. The van der Waals surface area contributed by atoms with Crippen molar-refractivity contribution >= 4 is 5.97 Å². The number of benzene rings is 1. The van der Waals surface area contributed by atoms with Crippen LogP contribution < -0.4 is 0 Å². The molecule has 0 aliphatic carbocycles. The molecule has 1 aromatic heterocycles.